The Bertz CT molecular complexity index is 285. The molecule has 0 N–H and O–H groups in total. The van der Waals surface area contributed by atoms with E-state index in [1.807, 2.05) is 24.3 Å². The normalized spacial score (nSPS) is 11.7. The molecule has 0 bridgehead atoms. The van der Waals surface area contributed by atoms with E-state index in [9.17, 15) is 0 Å². The van der Waals surface area contributed by atoms with Crippen LogP contribution in [0.5, 0.6) is 0 Å². The smallest absolute Gasteiger partial charge is 0.286 e. The Morgan fingerprint density at radius 1 is 1.00 bits per heavy atom. The van der Waals surface area contributed by atoms with Crippen LogP contribution in [0.25, 0.3) is 0 Å². The van der Waals surface area contributed by atoms with Gasteiger partial charge in [-0.2, -0.15) is 0 Å². The molecule has 1 rings (SSSR count). The fraction of sp³-hybridized carbons (Fsp3) is 0.455. The van der Waals surface area contributed by atoms with Crippen molar-refractivity contribution in [3.05, 3.63) is 34.9 Å². The fourth-order valence-electron chi connectivity index (χ4n) is 1.32. The molecule has 84 valence electrons. The predicted octanol–water partition coefficient (Wildman–Crippen LogP) is 2.48. The molecule has 0 aliphatic carbocycles. The second-order valence-electron chi connectivity index (χ2n) is 3.10. The third-order valence-corrected chi connectivity index (χ3v) is 2.52. The Kier molecular flexibility index (Phi) is 4.54. The van der Waals surface area contributed by atoms with E-state index in [1.165, 1.54) is 0 Å². The zero-order valence-electron chi connectivity index (χ0n) is 9.12. The van der Waals surface area contributed by atoms with Gasteiger partial charge in [-0.3, -0.25) is 0 Å². The van der Waals surface area contributed by atoms with Gasteiger partial charge in [-0.15, -0.1) is 0 Å². The Morgan fingerprint density at radius 2 is 1.47 bits per heavy atom. The molecule has 0 aliphatic rings. The predicted molar refractivity (Wildman–Crippen MR) is 58.9 cm³/mol. The summed E-state index contributed by atoms with van der Waals surface area (Å²) < 4.78 is 15.6. The summed E-state index contributed by atoms with van der Waals surface area (Å²) in [6.45, 7) is 0. The topological polar surface area (TPSA) is 27.7 Å². The lowest BCUT2D eigenvalue weighted by Crippen LogP contribution is -2.38. The SMILES string of the molecule is COC(Cc1ccc(Cl)cc1)(OC)OC. The first-order chi connectivity index (χ1) is 7.15. The molecule has 4 heteroatoms. The van der Waals surface area contributed by atoms with E-state index in [-0.39, 0.29) is 0 Å². The molecule has 0 aliphatic heterocycles. The first-order valence-corrected chi connectivity index (χ1v) is 4.93. The average Bonchev–Trinajstić information content (AvgIpc) is 2.29. The number of hydrogen-bond donors (Lipinski definition) is 0. The van der Waals surface area contributed by atoms with E-state index in [0.29, 0.717) is 11.4 Å². The van der Waals surface area contributed by atoms with Crippen LogP contribution in [0.4, 0.5) is 0 Å². The van der Waals surface area contributed by atoms with Crippen LogP contribution in [-0.4, -0.2) is 27.3 Å². The zero-order chi connectivity index (χ0) is 11.3. The van der Waals surface area contributed by atoms with Crippen molar-refractivity contribution in [3.63, 3.8) is 0 Å². The summed E-state index contributed by atoms with van der Waals surface area (Å²) in [5.41, 5.74) is 1.03. The van der Waals surface area contributed by atoms with Gasteiger partial charge in [0.2, 0.25) is 0 Å². The van der Waals surface area contributed by atoms with Crippen molar-refractivity contribution >= 4 is 11.6 Å². The van der Waals surface area contributed by atoms with Crippen molar-refractivity contribution in [2.45, 2.75) is 12.4 Å². The summed E-state index contributed by atoms with van der Waals surface area (Å²) in [6.07, 6.45) is 0.508. The van der Waals surface area contributed by atoms with Crippen molar-refractivity contribution in [3.8, 4) is 0 Å². The van der Waals surface area contributed by atoms with Crippen molar-refractivity contribution in [1.82, 2.24) is 0 Å². The second-order valence-corrected chi connectivity index (χ2v) is 3.54. The molecule has 0 saturated carbocycles. The molecule has 0 spiro atoms. The molecule has 15 heavy (non-hydrogen) atoms. The first-order valence-electron chi connectivity index (χ1n) is 4.55. The highest BCUT2D eigenvalue weighted by Gasteiger charge is 2.29. The maximum atomic E-state index is 5.79. The van der Waals surface area contributed by atoms with Gasteiger partial charge in [-0.25, -0.2) is 0 Å². The largest absolute Gasteiger partial charge is 0.331 e. The standard InChI is InChI=1S/C11H15ClO3/c1-13-11(14-2,15-3)8-9-4-6-10(12)7-5-9/h4-7H,8H2,1-3H3. The Morgan fingerprint density at radius 3 is 1.87 bits per heavy atom. The number of benzene rings is 1. The van der Waals surface area contributed by atoms with Gasteiger partial charge in [0.15, 0.2) is 0 Å². The lowest BCUT2D eigenvalue weighted by atomic mass is 10.1. The summed E-state index contributed by atoms with van der Waals surface area (Å²) in [5.74, 6) is -1.02. The van der Waals surface area contributed by atoms with E-state index in [1.54, 1.807) is 21.3 Å². The van der Waals surface area contributed by atoms with Crippen LogP contribution in [0.15, 0.2) is 24.3 Å². The Labute approximate surface area is 94.9 Å². The number of methoxy groups -OCH3 is 3. The van der Waals surface area contributed by atoms with Gasteiger partial charge >= 0.3 is 0 Å². The molecule has 3 nitrogen and oxygen atoms in total. The molecular formula is C11H15ClO3. The monoisotopic (exact) mass is 230 g/mol. The van der Waals surface area contributed by atoms with Gasteiger partial charge in [0.05, 0.1) is 6.42 Å². The summed E-state index contributed by atoms with van der Waals surface area (Å²) in [4.78, 5) is 0. The van der Waals surface area contributed by atoms with Crippen LogP contribution in [-0.2, 0) is 20.6 Å². The van der Waals surface area contributed by atoms with Crippen molar-refractivity contribution in [2.75, 3.05) is 21.3 Å². The van der Waals surface area contributed by atoms with Crippen LogP contribution in [0.1, 0.15) is 5.56 Å². The average molecular weight is 231 g/mol. The quantitative estimate of drug-likeness (QED) is 0.728. The molecule has 0 saturated heterocycles. The minimum Gasteiger partial charge on any atom is -0.331 e. The molecule has 1 aromatic carbocycles. The van der Waals surface area contributed by atoms with Crippen molar-refractivity contribution in [1.29, 1.82) is 0 Å². The molecule has 0 radical (unpaired) electrons. The maximum absolute atomic E-state index is 5.79. The van der Waals surface area contributed by atoms with Gasteiger partial charge in [0.25, 0.3) is 5.97 Å². The first kappa shape index (κ1) is 12.5. The van der Waals surface area contributed by atoms with E-state index in [2.05, 4.69) is 0 Å². The molecule has 0 aromatic heterocycles. The molecule has 0 unspecified atom stereocenters. The molecular weight excluding hydrogens is 216 g/mol. The number of rotatable bonds is 5. The Balaban J connectivity index is 2.78. The third-order valence-electron chi connectivity index (χ3n) is 2.27. The van der Waals surface area contributed by atoms with Gasteiger partial charge in [-0.05, 0) is 17.7 Å². The minimum absolute atomic E-state index is 0.508. The van der Waals surface area contributed by atoms with Crippen molar-refractivity contribution in [2.24, 2.45) is 0 Å². The van der Waals surface area contributed by atoms with Crippen LogP contribution >= 0.6 is 11.6 Å². The van der Waals surface area contributed by atoms with Crippen molar-refractivity contribution < 1.29 is 14.2 Å². The Hall–Kier alpha value is -0.610. The summed E-state index contributed by atoms with van der Waals surface area (Å²) >= 11 is 5.79. The maximum Gasteiger partial charge on any atom is 0.286 e. The molecule has 0 fully saturated rings. The highest BCUT2D eigenvalue weighted by molar-refractivity contribution is 6.30. The van der Waals surface area contributed by atoms with Gasteiger partial charge < -0.3 is 14.2 Å². The van der Waals surface area contributed by atoms with E-state index in [0.717, 1.165) is 5.56 Å². The highest BCUT2D eigenvalue weighted by Crippen LogP contribution is 2.20. The lowest BCUT2D eigenvalue weighted by molar-refractivity contribution is -0.350. The summed E-state index contributed by atoms with van der Waals surface area (Å²) in [7, 11) is 4.63. The van der Waals surface area contributed by atoms with E-state index < -0.39 is 5.97 Å². The molecule has 1 aromatic rings. The second kappa shape index (κ2) is 5.47. The van der Waals surface area contributed by atoms with E-state index in [4.69, 9.17) is 25.8 Å². The highest BCUT2D eigenvalue weighted by atomic mass is 35.5. The minimum atomic E-state index is -1.02. The molecule has 0 atom stereocenters. The van der Waals surface area contributed by atoms with Gasteiger partial charge in [0.1, 0.15) is 0 Å². The van der Waals surface area contributed by atoms with Gasteiger partial charge in [0, 0.05) is 26.4 Å². The van der Waals surface area contributed by atoms with Crippen LogP contribution in [0.2, 0.25) is 5.02 Å². The zero-order valence-corrected chi connectivity index (χ0v) is 9.88. The third kappa shape index (κ3) is 3.18. The number of hydrogen-bond acceptors (Lipinski definition) is 3. The summed E-state index contributed by atoms with van der Waals surface area (Å²) in [6, 6.07) is 7.47. The van der Waals surface area contributed by atoms with E-state index >= 15 is 0 Å². The van der Waals surface area contributed by atoms with Crippen LogP contribution in [0.3, 0.4) is 0 Å². The fourth-order valence-corrected chi connectivity index (χ4v) is 1.44. The van der Waals surface area contributed by atoms with Crippen LogP contribution < -0.4 is 0 Å². The lowest BCUT2D eigenvalue weighted by Gasteiger charge is -2.28. The van der Waals surface area contributed by atoms with Crippen LogP contribution in [0, 0.1) is 0 Å². The summed E-state index contributed by atoms with van der Waals surface area (Å²) in [5, 5.41) is 0.705. The number of halogens is 1. The number of ether oxygens (including phenoxy) is 3. The van der Waals surface area contributed by atoms with Gasteiger partial charge in [-0.1, -0.05) is 23.7 Å². The molecule has 0 heterocycles. The molecule has 0 amide bonds.